The van der Waals surface area contributed by atoms with Gasteiger partial charge in [-0.05, 0) is 38.8 Å². The predicted octanol–water partition coefficient (Wildman–Crippen LogP) is 0.290. The maximum Gasteiger partial charge on any atom is 0.205 e. The van der Waals surface area contributed by atoms with E-state index >= 15 is 0 Å². The van der Waals surface area contributed by atoms with Crippen LogP contribution in [0.1, 0.15) is 32.1 Å². The Bertz CT molecular complexity index is 260. The number of rotatable bonds is 3. The molecule has 1 aliphatic carbocycles. The highest BCUT2D eigenvalue weighted by molar-refractivity contribution is 5.79. The monoisotopic (exact) mass is 239 g/mol. The second-order valence-electron chi connectivity index (χ2n) is 5.38. The van der Waals surface area contributed by atoms with Gasteiger partial charge in [-0.2, -0.15) is 0 Å². The number of hydrazine groups is 1. The zero-order chi connectivity index (χ0) is 12.1. The molecule has 98 valence electrons. The van der Waals surface area contributed by atoms with Gasteiger partial charge in [-0.1, -0.05) is 12.8 Å². The van der Waals surface area contributed by atoms with E-state index in [0.29, 0.717) is 12.0 Å². The van der Waals surface area contributed by atoms with Crippen LogP contribution in [-0.4, -0.2) is 43.6 Å². The molecule has 0 aromatic rings. The molecule has 1 saturated carbocycles. The molecule has 1 atom stereocenters. The van der Waals surface area contributed by atoms with E-state index in [2.05, 4.69) is 27.7 Å². The van der Waals surface area contributed by atoms with Crippen LogP contribution in [0.2, 0.25) is 0 Å². The number of aliphatic imine (C=N–C) groups is 1. The van der Waals surface area contributed by atoms with Gasteiger partial charge in [-0.25, -0.2) is 5.84 Å². The van der Waals surface area contributed by atoms with Crippen molar-refractivity contribution in [3.05, 3.63) is 0 Å². The maximum absolute atomic E-state index is 5.51. The molecule has 0 radical (unpaired) electrons. The predicted molar refractivity (Wildman–Crippen MR) is 70.6 cm³/mol. The van der Waals surface area contributed by atoms with Crippen LogP contribution in [0.4, 0.5) is 0 Å². The Labute approximate surface area is 104 Å². The summed E-state index contributed by atoms with van der Waals surface area (Å²) in [6.45, 7) is 3.23. The standard InChI is InChI=1S/C12H25N5/c1-17-7-6-10(9-17)8-14-12(16-13)15-11-4-2-3-5-11/h10-11H,2-9,13H2,1H3,(H2,14,15,16). The molecule has 2 fully saturated rings. The number of hydrogen-bond donors (Lipinski definition) is 3. The summed E-state index contributed by atoms with van der Waals surface area (Å²) >= 11 is 0. The van der Waals surface area contributed by atoms with Crippen molar-refractivity contribution >= 4 is 5.96 Å². The molecule has 2 rings (SSSR count). The summed E-state index contributed by atoms with van der Waals surface area (Å²) in [6, 6.07) is 0.566. The molecule has 0 aromatic heterocycles. The lowest BCUT2D eigenvalue weighted by Gasteiger charge is -2.16. The SMILES string of the molecule is CN1CCC(CN=C(NN)NC2CCCC2)C1. The van der Waals surface area contributed by atoms with Crippen molar-refractivity contribution in [3.63, 3.8) is 0 Å². The zero-order valence-corrected chi connectivity index (χ0v) is 10.8. The Morgan fingerprint density at radius 2 is 2.12 bits per heavy atom. The molecule has 17 heavy (non-hydrogen) atoms. The smallest absolute Gasteiger partial charge is 0.205 e. The minimum atomic E-state index is 0.566. The minimum Gasteiger partial charge on any atom is -0.353 e. The molecule has 0 bridgehead atoms. The summed E-state index contributed by atoms with van der Waals surface area (Å²) in [5.74, 6) is 6.97. The van der Waals surface area contributed by atoms with Crippen LogP contribution >= 0.6 is 0 Å². The average molecular weight is 239 g/mol. The first kappa shape index (κ1) is 12.6. The number of nitrogens with zero attached hydrogens (tertiary/aromatic N) is 2. The van der Waals surface area contributed by atoms with Crippen molar-refractivity contribution < 1.29 is 0 Å². The highest BCUT2D eigenvalue weighted by atomic mass is 15.3. The molecule has 0 aromatic carbocycles. The van der Waals surface area contributed by atoms with Crippen LogP contribution in [0.25, 0.3) is 0 Å². The van der Waals surface area contributed by atoms with Crippen LogP contribution in [0.5, 0.6) is 0 Å². The first-order valence-electron chi connectivity index (χ1n) is 6.74. The fourth-order valence-electron chi connectivity index (χ4n) is 2.79. The molecule has 4 N–H and O–H groups in total. The number of nitrogens with one attached hydrogen (secondary N) is 2. The lowest BCUT2D eigenvalue weighted by atomic mass is 10.1. The van der Waals surface area contributed by atoms with Crippen molar-refractivity contribution in [1.82, 2.24) is 15.6 Å². The third-order valence-electron chi connectivity index (χ3n) is 3.83. The van der Waals surface area contributed by atoms with Gasteiger partial charge in [-0.3, -0.25) is 10.4 Å². The minimum absolute atomic E-state index is 0.566. The molecule has 1 saturated heterocycles. The van der Waals surface area contributed by atoms with Crippen molar-refractivity contribution in [2.75, 3.05) is 26.7 Å². The Hall–Kier alpha value is -0.810. The fraction of sp³-hybridized carbons (Fsp3) is 0.917. The van der Waals surface area contributed by atoms with Gasteiger partial charge in [0.25, 0.3) is 0 Å². The molecule has 0 spiro atoms. The van der Waals surface area contributed by atoms with E-state index < -0.39 is 0 Å². The summed E-state index contributed by atoms with van der Waals surface area (Å²) in [4.78, 5) is 6.93. The van der Waals surface area contributed by atoms with Gasteiger partial charge < -0.3 is 10.2 Å². The third-order valence-corrected chi connectivity index (χ3v) is 3.83. The molecular weight excluding hydrogens is 214 g/mol. The summed E-state index contributed by atoms with van der Waals surface area (Å²) < 4.78 is 0. The summed E-state index contributed by atoms with van der Waals surface area (Å²) in [5, 5.41) is 3.40. The molecule has 5 nitrogen and oxygen atoms in total. The fourth-order valence-corrected chi connectivity index (χ4v) is 2.79. The molecule has 2 aliphatic rings. The van der Waals surface area contributed by atoms with Crippen molar-refractivity contribution in [3.8, 4) is 0 Å². The van der Waals surface area contributed by atoms with Crippen LogP contribution < -0.4 is 16.6 Å². The maximum atomic E-state index is 5.51. The van der Waals surface area contributed by atoms with E-state index in [0.717, 1.165) is 19.0 Å². The highest BCUT2D eigenvalue weighted by Gasteiger charge is 2.20. The molecule has 1 unspecified atom stereocenters. The van der Waals surface area contributed by atoms with Crippen LogP contribution in [0, 0.1) is 5.92 Å². The summed E-state index contributed by atoms with van der Waals surface area (Å²) in [5.41, 5.74) is 2.69. The third kappa shape index (κ3) is 3.85. The van der Waals surface area contributed by atoms with Gasteiger partial charge >= 0.3 is 0 Å². The van der Waals surface area contributed by atoms with Crippen LogP contribution in [0.3, 0.4) is 0 Å². The Kier molecular flexibility index (Phi) is 4.62. The second kappa shape index (κ2) is 6.21. The normalized spacial score (nSPS) is 27.6. The Morgan fingerprint density at radius 1 is 1.35 bits per heavy atom. The van der Waals surface area contributed by atoms with Gasteiger partial charge in [0.05, 0.1) is 0 Å². The van der Waals surface area contributed by atoms with Gasteiger partial charge in [0, 0.05) is 19.1 Å². The van der Waals surface area contributed by atoms with Gasteiger partial charge in [-0.15, -0.1) is 0 Å². The van der Waals surface area contributed by atoms with Crippen molar-refractivity contribution in [2.24, 2.45) is 16.8 Å². The zero-order valence-electron chi connectivity index (χ0n) is 10.8. The van der Waals surface area contributed by atoms with E-state index in [1.807, 2.05) is 0 Å². The van der Waals surface area contributed by atoms with Crippen molar-refractivity contribution in [1.29, 1.82) is 0 Å². The molecule has 0 amide bonds. The summed E-state index contributed by atoms with van der Waals surface area (Å²) in [6.07, 6.45) is 6.38. The van der Waals surface area contributed by atoms with Gasteiger partial charge in [0.2, 0.25) is 5.96 Å². The second-order valence-corrected chi connectivity index (χ2v) is 5.38. The van der Waals surface area contributed by atoms with E-state index in [9.17, 15) is 0 Å². The quantitative estimate of drug-likeness (QED) is 0.287. The van der Waals surface area contributed by atoms with Crippen LogP contribution in [0.15, 0.2) is 4.99 Å². The molecule has 1 aliphatic heterocycles. The molecular formula is C12H25N5. The van der Waals surface area contributed by atoms with E-state index in [-0.39, 0.29) is 0 Å². The number of guanidine groups is 1. The van der Waals surface area contributed by atoms with Crippen molar-refractivity contribution in [2.45, 2.75) is 38.1 Å². The lowest BCUT2D eigenvalue weighted by molar-refractivity contribution is 0.397. The highest BCUT2D eigenvalue weighted by Crippen LogP contribution is 2.17. The lowest BCUT2D eigenvalue weighted by Crippen LogP contribution is -2.45. The topological polar surface area (TPSA) is 65.7 Å². The first-order valence-corrected chi connectivity index (χ1v) is 6.74. The van der Waals surface area contributed by atoms with Crippen LogP contribution in [-0.2, 0) is 0 Å². The van der Waals surface area contributed by atoms with E-state index in [1.165, 1.54) is 38.6 Å². The summed E-state index contributed by atoms with van der Waals surface area (Å²) in [7, 11) is 2.17. The number of hydrogen-bond acceptors (Lipinski definition) is 3. The number of likely N-dealkylation sites (tertiary alicyclic amines) is 1. The number of nitrogens with two attached hydrogens (primary N) is 1. The average Bonchev–Trinajstić information content (AvgIpc) is 2.96. The van der Waals surface area contributed by atoms with Gasteiger partial charge in [0.15, 0.2) is 0 Å². The van der Waals surface area contributed by atoms with Gasteiger partial charge in [0.1, 0.15) is 0 Å². The van der Waals surface area contributed by atoms with E-state index in [4.69, 9.17) is 5.84 Å². The first-order chi connectivity index (χ1) is 8.28. The van der Waals surface area contributed by atoms with E-state index in [1.54, 1.807) is 0 Å². The molecule has 1 heterocycles. The Balaban J connectivity index is 1.76. The largest absolute Gasteiger partial charge is 0.353 e. The molecule has 5 heteroatoms. The Morgan fingerprint density at radius 3 is 2.71 bits per heavy atom.